The molecule has 0 saturated carbocycles. The van der Waals surface area contributed by atoms with Gasteiger partial charge in [-0.15, -0.1) is 0 Å². The second-order valence-corrected chi connectivity index (χ2v) is 9.84. The molecule has 1 amide bonds. The summed E-state index contributed by atoms with van der Waals surface area (Å²) in [5.74, 6) is -15.9. The van der Waals surface area contributed by atoms with Crippen LogP contribution in [0.1, 0.15) is 34.3 Å². The maximum atomic E-state index is 12.7. The topological polar surface area (TPSA) is 210 Å². The van der Waals surface area contributed by atoms with Crippen molar-refractivity contribution in [1.82, 2.24) is 14.8 Å². The van der Waals surface area contributed by atoms with Gasteiger partial charge < -0.3 is 50.6 Å². The average Bonchev–Trinajstić information content (AvgIpc) is 3.56. The van der Waals surface area contributed by atoms with E-state index in [1.807, 2.05) is 0 Å². The summed E-state index contributed by atoms with van der Waals surface area (Å²) >= 11 is 0. The largest absolute Gasteiger partial charge is 0.435 e. The highest BCUT2D eigenvalue weighted by atomic mass is 16.8. The van der Waals surface area contributed by atoms with E-state index in [1.165, 1.54) is 42.6 Å². The number of carbonyl (C=O) groups is 1. The van der Waals surface area contributed by atoms with Crippen molar-refractivity contribution in [2.75, 3.05) is 13.6 Å². The minimum atomic E-state index is -4.25. The van der Waals surface area contributed by atoms with Gasteiger partial charge in [-0.3, -0.25) is 14.6 Å². The van der Waals surface area contributed by atoms with Gasteiger partial charge in [-0.05, 0) is 56.3 Å². The van der Waals surface area contributed by atoms with E-state index in [2.05, 4.69) is 4.98 Å². The minimum Gasteiger partial charge on any atom is -0.435 e. The number of fused-ring (bicyclic) bond motifs is 2. The molecule has 1 atom stereocenters. The second-order valence-electron chi connectivity index (χ2n) is 9.84. The number of likely N-dealkylation sites (N-methyl/N-ethyl adjacent to an activating group) is 1. The van der Waals surface area contributed by atoms with Crippen LogP contribution in [0.2, 0.25) is 0 Å². The normalized spacial score (nSPS) is 19.4. The average molecular weight is 532 g/mol. The third kappa shape index (κ3) is 3.88. The molecule has 0 spiro atoms. The molecule has 38 heavy (non-hydrogen) atoms. The van der Waals surface area contributed by atoms with Crippen molar-refractivity contribution >= 4 is 16.8 Å². The number of hydrogen-bond donors (Lipinski definition) is 9. The van der Waals surface area contributed by atoms with E-state index < -0.39 is 47.7 Å². The van der Waals surface area contributed by atoms with E-state index >= 15 is 0 Å². The van der Waals surface area contributed by atoms with E-state index in [0.29, 0.717) is 24.0 Å². The molecular weight excluding hydrogens is 502 g/mol. The van der Waals surface area contributed by atoms with Crippen LogP contribution in [0.3, 0.4) is 0 Å². The molecule has 5 rings (SSSR count). The predicted octanol–water partition coefficient (Wildman–Crippen LogP) is -1.61. The zero-order chi connectivity index (χ0) is 27.7. The molecular formula is C25H29N3O10. The van der Waals surface area contributed by atoms with Crippen molar-refractivity contribution in [2.45, 2.75) is 48.9 Å². The number of likely N-dealkylation sites (tertiary alicyclic amines) is 1. The van der Waals surface area contributed by atoms with Gasteiger partial charge in [-0.2, -0.15) is 0 Å². The van der Waals surface area contributed by atoms with E-state index in [0.717, 1.165) is 6.42 Å². The Hall–Kier alpha value is -3.11. The first kappa shape index (κ1) is 26.5. The standard InChI is InChI=1S/C25H29N3O10/c1-27-10-4-7-20(27)22(30,31)18-12-26-19-9-8-15(11-17(18)19)38-25(36,37)23(32,33)24(34,35)28-13-14-5-2-3-6-16(14)21(28)29/h2-3,5-6,8-9,11-12,20,26,30-37H,4,7,10,13H2,1H3. The zero-order valence-corrected chi connectivity index (χ0v) is 20.3. The van der Waals surface area contributed by atoms with Crippen LogP contribution in [0.5, 0.6) is 5.75 Å². The van der Waals surface area contributed by atoms with Crippen LogP contribution in [0.25, 0.3) is 10.9 Å². The molecule has 0 bridgehead atoms. The van der Waals surface area contributed by atoms with Gasteiger partial charge in [0.25, 0.3) is 5.91 Å². The summed E-state index contributed by atoms with van der Waals surface area (Å²) < 4.78 is 4.98. The Kier molecular flexibility index (Phi) is 6.07. The van der Waals surface area contributed by atoms with Gasteiger partial charge in [0.15, 0.2) is 0 Å². The fourth-order valence-electron chi connectivity index (χ4n) is 5.21. The van der Waals surface area contributed by atoms with Gasteiger partial charge in [0.05, 0.1) is 12.6 Å². The van der Waals surface area contributed by atoms with E-state index in [9.17, 15) is 45.6 Å². The number of carbonyl (C=O) groups excluding carboxylic acids is 1. The maximum absolute atomic E-state index is 12.7. The Morgan fingerprint density at radius 1 is 1.00 bits per heavy atom. The van der Waals surface area contributed by atoms with Gasteiger partial charge in [0.2, 0.25) is 5.79 Å². The van der Waals surface area contributed by atoms with Gasteiger partial charge in [-0.25, -0.2) is 0 Å². The lowest BCUT2D eigenvalue weighted by atomic mass is 9.95. The van der Waals surface area contributed by atoms with Crippen LogP contribution in [0.4, 0.5) is 0 Å². The lowest BCUT2D eigenvalue weighted by Gasteiger charge is -2.44. The van der Waals surface area contributed by atoms with Crippen LogP contribution in [-0.2, 0) is 12.3 Å². The zero-order valence-electron chi connectivity index (χ0n) is 20.3. The summed E-state index contributed by atoms with van der Waals surface area (Å²) in [7, 11) is 1.76. The molecule has 0 radical (unpaired) electrons. The van der Waals surface area contributed by atoms with Crippen LogP contribution in [-0.4, -0.2) is 98.8 Å². The second kappa shape index (κ2) is 8.71. The number of benzene rings is 2. The molecule has 1 fully saturated rings. The number of nitrogens with one attached hydrogen (secondary N) is 1. The van der Waals surface area contributed by atoms with Crippen LogP contribution < -0.4 is 4.74 Å². The van der Waals surface area contributed by atoms with Crippen LogP contribution in [0.15, 0.2) is 48.7 Å². The highest BCUT2D eigenvalue weighted by Gasteiger charge is 2.69. The molecule has 2 aliphatic heterocycles. The quantitative estimate of drug-likeness (QED) is 0.158. The predicted molar refractivity (Wildman–Crippen MR) is 129 cm³/mol. The summed E-state index contributed by atoms with van der Waals surface area (Å²) in [4.78, 5) is 17.6. The van der Waals surface area contributed by atoms with Crippen molar-refractivity contribution in [1.29, 1.82) is 0 Å². The lowest BCUT2D eigenvalue weighted by molar-refractivity contribution is -0.518. The number of aliphatic hydroxyl groups is 8. The monoisotopic (exact) mass is 531 g/mol. The summed E-state index contributed by atoms with van der Waals surface area (Å²) in [5, 5.41) is 85.6. The lowest BCUT2D eigenvalue weighted by Crippen LogP contribution is -2.75. The Bertz CT molecular complexity index is 1380. The molecule has 3 aromatic rings. The molecule has 3 heterocycles. The summed E-state index contributed by atoms with van der Waals surface area (Å²) in [6.45, 7) is 0.204. The number of nitrogens with zero attached hydrogens (tertiary/aromatic N) is 2. The number of hydrogen-bond acceptors (Lipinski definition) is 11. The van der Waals surface area contributed by atoms with E-state index in [4.69, 9.17) is 4.74 Å². The summed E-state index contributed by atoms with van der Waals surface area (Å²) in [6.07, 6.45) is 2.67. The molecule has 0 aliphatic carbocycles. The first-order chi connectivity index (χ1) is 17.7. The first-order valence-electron chi connectivity index (χ1n) is 11.9. The molecule has 204 valence electrons. The van der Waals surface area contributed by atoms with Gasteiger partial charge in [0, 0.05) is 28.2 Å². The van der Waals surface area contributed by atoms with Crippen LogP contribution >= 0.6 is 0 Å². The van der Waals surface area contributed by atoms with Crippen molar-refractivity contribution < 1.29 is 50.4 Å². The van der Waals surface area contributed by atoms with Crippen molar-refractivity contribution in [3.05, 3.63) is 65.4 Å². The maximum Gasteiger partial charge on any atom is 0.387 e. The van der Waals surface area contributed by atoms with E-state index in [1.54, 1.807) is 18.0 Å². The summed E-state index contributed by atoms with van der Waals surface area (Å²) in [6, 6.07) is 9.18. The molecule has 13 nitrogen and oxygen atoms in total. The smallest absolute Gasteiger partial charge is 0.387 e. The van der Waals surface area contributed by atoms with Gasteiger partial charge in [-0.1, -0.05) is 18.2 Å². The molecule has 1 unspecified atom stereocenters. The molecule has 2 aliphatic rings. The number of H-pyrrole nitrogens is 1. The fourth-order valence-corrected chi connectivity index (χ4v) is 5.21. The molecule has 1 saturated heterocycles. The SMILES string of the molecule is CN1CCCC1C(O)(O)c1c[nH]c2ccc(OC(O)(O)C(O)(O)C(O)(O)N3Cc4ccccc4C3=O)cc12. The highest BCUT2D eigenvalue weighted by Crippen LogP contribution is 2.40. The Balaban J connectivity index is 1.44. The molecule has 2 aromatic carbocycles. The Labute approximate surface area is 216 Å². The van der Waals surface area contributed by atoms with Crippen LogP contribution in [0, 0.1) is 0 Å². The number of aromatic nitrogens is 1. The number of ether oxygens (including phenoxy) is 1. The first-order valence-corrected chi connectivity index (χ1v) is 11.9. The van der Waals surface area contributed by atoms with Crippen molar-refractivity contribution in [3.8, 4) is 5.75 Å². The van der Waals surface area contributed by atoms with E-state index in [-0.39, 0.29) is 21.4 Å². The molecule has 9 N–H and O–H groups in total. The fraction of sp³-hybridized carbons (Fsp3) is 0.400. The Morgan fingerprint density at radius 3 is 2.37 bits per heavy atom. The molecule has 13 heteroatoms. The molecule has 1 aromatic heterocycles. The van der Waals surface area contributed by atoms with Gasteiger partial charge >= 0.3 is 17.7 Å². The number of aromatic amines is 1. The van der Waals surface area contributed by atoms with Crippen molar-refractivity contribution in [3.63, 3.8) is 0 Å². The van der Waals surface area contributed by atoms with Crippen molar-refractivity contribution in [2.24, 2.45) is 0 Å². The number of amides is 1. The highest BCUT2D eigenvalue weighted by molar-refractivity contribution is 5.98. The number of rotatable bonds is 7. The third-order valence-electron chi connectivity index (χ3n) is 7.41. The Morgan fingerprint density at radius 2 is 1.71 bits per heavy atom. The minimum absolute atomic E-state index is 0.0630. The summed E-state index contributed by atoms with van der Waals surface area (Å²) in [5.41, 5.74) is 0.905. The van der Waals surface area contributed by atoms with Gasteiger partial charge in [0.1, 0.15) is 5.75 Å². The third-order valence-corrected chi connectivity index (χ3v) is 7.41.